The molecule has 0 bridgehead atoms. The number of carbonyl (C=O) groups excluding carboxylic acids is 1. The second-order valence-electron chi connectivity index (χ2n) is 2.43. The lowest BCUT2D eigenvalue weighted by atomic mass is 10.3. The van der Waals surface area contributed by atoms with E-state index in [1.54, 1.807) is 0 Å². The van der Waals surface area contributed by atoms with Gasteiger partial charge in [0.05, 0.1) is 6.42 Å². The van der Waals surface area contributed by atoms with E-state index in [2.05, 4.69) is 9.56 Å². The Kier molecular flexibility index (Phi) is 9.72. The van der Waals surface area contributed by atoms with Gasteiger partial charge in [0.1, 0.15) is 0 Å². The fourth-order valence-electron chi connectivity index (χ4n) is 0.378. The van der Waals surface area contributed by atoms with E-state index < -0.39 is 21.6 Å². The van der Waals surface area contributed by atoms with Crippen LogP contribution < -0.4 is 5.73 Å². The highest BCUT2D eigenvalue weighted by molar-refractivity contribution is 7.46. The van der Waals surface area contributed by atoms with Gasteiger partial charge in [-0.2, -0.15) is 0 Å². The van der Waals surface area contributed by atoms with Gasteiger partial charge in [0.2, 0.25) is 0 Å². The Balaban J connectivity index is 0. The summed E-state index contributed by atoms with van der Waals surface area (Å²) in [5, 5.41) is 0. The lowest BCUT2D eigenvalue weighted by Gasteiger charge is -2.02. The van der Waals surface area contributed by atoms with Crippen molar-refractivity contribution in [2.24, 2.45) is 5.73 Å². The van der Waals surface area contributed by atoms with E-state index in [1.807, 2.05) is 0 Å². The molecular formula is C4H13NO10P2. The van der Waals surface area contributed by atoms with E-state index in [0.29, 0.717) is 13.0 Å². The minimum absolute atomic E-state index is 0.0312. The lowest BCUT2D eigenvalue weighted by molar-refractivity contribution is -0.222. The molecule has 13 heteroatoms. The van der Waals surface area contributed by atoms with Crippen LogP contribution in [0.25, 0.3) is 0 Å². The van der Waals surface area contributed by atoms with E-state index in [4.69, 9.17) is 34.8 Å². The third-order valence-corrected chi connectivity index (χ3v) is 1.08. The van der Waals surface area contributed by atoms with E-state index in [1.165, 1.54) is 0 Å². The molecule has 0 aliphatic heterocycles. The van der Waals surface area contributed by atoms with Gasteiger partial charge in [-0.15, -0.1) is 0 Å². The average molecular weight is 297 g/mol. The standard InChI is InChI=1S/C4H10NO6P.H3O4P/c5-3-1-2-4(6)10-11-12(7,8)9;1-5(2,3)4/h1-3,5H2,(H2,7,8,9);(H3,1,2,3,4). The Morgan fingerprint density at radius 2 is 1.53 bits per heavy atom. The van der Waals surface area contributed by atoms with Crippen LogP contribution in [0.1, 0.15) is 12.8 Å². The fourth-order valence-corrected chi connectivity index (χ4v) is 0.558. The van der Waals surface area contributed by atoms with Crippen molar-refractivity contribution in [3.05, 3.63) is 0 Å². The van der Waals surface area contributed by atoms with Crippen molar-refractivity contribution in [1.29, 1.82) is 0 Å². The predicted octanol–water partition coefficient (Wildman–Crippen LogP) is -1.64. The molecule has 0 spiro atoms. The Morgan fingerprint density at radius 3 is 1.82 bits per heavy atom. The first-order valence-corrected chi connectivity index (χ1v) is 6.98. The van der Waals surface area contributed by atoms with Crippen molar-refractivity contribution >= 4 is 21.6 Å². The number of hydrogen-bond acceptors (Lipinski definition) is 6. The highest BCUT2D eigenvalue weighted by atomic mass is 31.2. The second-order valence-corrected chi connectivity index (χ2v) is 4.58. The Bertz CT molecular complexity index is 297. The normalized spacial score (nSPS) is 11.4. The number of nitrogens with two attached hydrogens (primary N) is 1. The molecule has 0 aliphatic rings. The smallest absolute Gasteiger partial charge is 0.330 e. The largest absolute Gasteiger partial charge is 0.505 e. The molecule has 0 saturated carbocycles. The molecule has 0 heterocycles. The topological polar surface area (TPSA) is 197 Å². The zero-order valence-electron chi connectivity index (χ0n) is 8.37. The summed E-state index contributed by atoms with van der Waals surface area (Å²) in [4.78, 5) is 52.0. The van der Waals surface area contributed by atoms with Crippen LogP contribution in [0.15, 0.2) is 0 Å². The summed E-state index contributed by atoms with van der Waals surface area (Å²) >= 11 is 0. The maximum absolute atomic E-state index is 10.5. The molecule has 0 aromatic carbocycles. The van der Waals surface area contributed by atoms with Gasteiger partial charge in [0.25, 0.3) is 0 Å². The molecule has 0 radical (unpaired) electrons. The summed E-state index contributed by atoms with van der Waals surface area (Å²) in [7, 11) is -9.36. The van der Waals surface area contributed by atoms with E-state index in [-0.39, 0.29) is 6.42 Å². The SMILES string of the molecule is NCCCC(=O)OOP(=O)(O)O.O=P(O)(O)O. The van der Waals surface area contributed by atoms with Gasteiger partial charge in [-0.3, -0.25) is 4.89 Å². The van der Waals surface area contributed by atoms with Gasteiger partial charge < -0.3 is 30.2 Å². The van der Waals surface area contributed by atoms with Gasteiger partial charge in [-0.05, 0) is 13.0 Å². The zero-order chi connectivity index (χ0) is 14.1. The summed E-state index contributed by atoms with van der Waals surface area (Å²) in [5.41, 5.74) is 5.06. The van der Waals surface area contributed by atoms with Gasteiger partial charge >= 0.3 is 21.6 Å². The van der Waals surface area contributed by atoms with Crippen molar-refractivity contribution in [2.75, 3.05) is 6.54 Å². The Labute approximate surface area is 95.6 Å². The highest BCUT2D eigenvalue weighted by Crippen LogP contribution is 2.35. The van der Waals surface area contributed by atoms with E-state index in [9.17, 15) is 9.36 Å². The van der Waals surface area contributed by atoms with Gasteiger partial charge in [0, 0.05) is 0 Å². The molecule has 0 unspecified atom stereocenters. The van der Waals surface area contributed by atoms with Gasteiger partial charge in [-0.1, -0.05) is 4.67 Å². The van der Waals surface area contributed by atoms with E-state index in [0.717, 1.165) is 0 Å². The van der Waals surface area contributed by atoms with Crippen LogP contribution in [0.3, 0.4) is 0 Å². The van der Waals surface area contributed by atoms with Crippen LogP contribution in [0, 0.1) is 0 Å². The molecular weight excluding hydrogens is 284 g/mol. The number of carbonyl (C=O) groups is 1. The first kappa shape index (κ1) is 19.0. The summed E-state index contributed by atoms with van der Waals surface area (Å²) in [6.45, 7) is 0.297. The zero-order valence-corrected chi connectivity index (χ0v) is 10.2. The maximum atomic E-state index is 10.5. The van der Waals surface area contributed by atoms with Crippen molar-refractivity contribution in [2.45, 2.75) is 12.8 Å². The van der Waals surface area contributed by atoms with Crippen LogP contribution in [-0.4, -0.2) is 37.0 Å². The monoisotopic (exact) mass is 297 g/mol. The number of phosphoric acid groups is 2. The molecule has 0 rings (SSSR count). The van der Waals surface area contributed by atoms with Gasteiger partial charge in [-0.25, -0.2) is 13.9 Å². The summed E-state index contributed by atoms with van der Waals surface area (Å²) in [6, 6.07) is 0. The van der Waals surface area contributed by atoms with Crippen molar-refractivity contribution < 1.29 is 48.0 Å². The molecule has 0 amide bonds. The van der Waals surface area contributed by atoms with Gasteiger partial charge in [0.15, 0.2) is 0 Å². The molecule has 0 atom stereocenters. The molecule has 0 aromatic rings. The molecule has 0 aliphatic carbocycles. The first-order chi connectivity index (χ1) is 7.45. The minimum atomic E-state index is -4.73. The predicted molar refractivity (Wildman–Crippen MR) is 51.8 cm³/mol. The Morgan fingerprint density at radius 1 is 1.12 bits per heavy atom. The number of rotatable bonds is 5. The first-order valence-electron chi connectivity index (χ1n) is 3.88. The lowest BCUT2D eigenvalue weighted by Crippen LogP contribution is -2.07. The van der Waals surface area contributed by atoms with E-state index >= 15 is 0 Å². The van der Waals surface area contributed by atoms with Crippen LogP contribution >= 0.6 is 15.6 Å². The summed E-state index contributed by atoms with van der Waals surface area (Å²) in [6.07, 6.45) is 0.347. The van der Waals surface area contributed by atoms with Crippen LogP contribution in [0.5, 0.6) is 0 Å². The molecule has 0 aromatic heterocycles. The fraction of sp³-hybridized carbons (Fsp3) is 0.750. The van der Waals surface area contributed by atoms with Crippen molar-refractivity contribution in [3.8, 4) is 0 Å². The third-order valence-electron chi connectivity index (χ3n) is 0.812. The minimum Gasteiger partial charge on any atom is -0.330 e. The quantitative estimate of drug-likeness (QED) is 0.193. The maximum Gasteiger partial charge on any atom is 0.505 e. The molecule has 104 valence electrons. The Hall–Kier alpha value is -0.350. The number of hydrogen-bond donors (Lipinski definition) is 6. The van der Waals surface area contributed by atoms with Crippen molar-refractivity contribution in [1.82, 2.24) is 0 Å². The summed E-state index contributed by atoms with van der Waals surface area (Å²) < 4.78 is 22.3. The van der Waals surface area contributed by atoms with Crippen molar-refractivity contribution in [3.63, 3.8) is 0 Å². The van der Waals surface area contributed by atoms with Crippen LogP contribution in [0.4, 0.5) is 0 Å². The molecule has 0 fully saturated rings. The third kappa shape index (κ3) is 31.3. The molecule has 17 heavy (non-hydrogen) atoms. The second kappa shape index (κ2) is 8.70. The average Bonchev–Trinajstić information content (AvgIpc) is 2.07. The molecule has 0 saturated heterocycles. The van der Waals surface area contributed by atoms with Crippen LogP contribution in [-0.2, 0) is 23.5 Å². The highest BCUT2D eigenvalue weighted by Gasteiger charge is 2.18. The van der Waals surface area contributed by atoms with Crippen LogP contribution in [0.2, 0.25) is 0 Å². The molecule has 11 nitrogen and oxygen atoms in total. The summed E-state index contributed by atoms with van der Waals surface area (Å²) in [5.74, 6) is -0.858. The molecule has 7 N–H and O–H groups in total.